The van der Waals surface area contributed by atoms with Crippen molar-refractivity contribution in [1.29, 1.82) is 0 Å². The van der Waals surface area contributed by atoms with Gasteiger partial charge in [0, 0.05) is 0 Å². The van der Waals surface area contributed by atoms with Crippen molar-refractivity contribution in [2.45, 2.75) is 65.9 Å². The molecule has 1 aliphatic rings. The minimum atomic E-state index is -0.182. The summed E-state index contributed by atoms with van der Waals surface area (Å²) < 4.78 is 0. The Labute approximate surface area is 100 Å². The lowest BCUT2D eigenvalue weighted by molar-refractivity contribution is 0.115. The van der Waals surface area contributed by atoms with Gasteiger partial charge in [-0.15, -0.1) is 0 Å². The number of hydrogen-bond acceptors (Lipinski definition) is 1. The predicted molar refractivity (Wildman–Crippen MR) is 70.4 cm³/mol. The Morgan fingerprint density at radius 1 is 1.19 bits per heavy atom. The number of aliphatic hydroxyl groups excluding tert-OH is 1. The Hall–Kier alpha value is -0.560. The Kier molecular flexibility index (Phi) is 4.79. The van der Waals surface area contributed by atoms with Gasteiger partial charge in [-0.1, -0.05) is 37.1 Å². The van der Waals surface area contributed by atoms with Crippen LogP contribution in [0.1, 0.15) is 59.8 Å². The predicted octanol–water partition coefficient (Wildman–Crippen LogP) is 4.23. The average molecular weight is 222 g/mol. The lowest BCUT2D eigenvalue weighted by Crippen LogP contribution is -2.20. The smallest absolute Gasteiger partial charge is 0.0582 e. The van der Waals surface area contributed by atoms with Gasteiger partial charge >= 0.3 is 0 Å². The molecule has 0 saturated heterocycles. The first-order valence-electron chi connectivity index (χ1n) is 6.38. The van der Waals surface area contributed by atoms with Gasteiger partial charge in [0.1, 0.15) is 0 Å². The van der Waals surface area contributed by atoms with Gasteiger partial charge < -0.3 is 5.11 Å². The van der Waals surface area contributed by atoms with E-state index < -0.39 is 0 Å². The molecular formula is C15H26O. The van der Waals surface area contributed by atoms with Crippen molar-refractivity contribution in [3.8, 4) is 0 Å². The molecule has 16 heavy (non-hydrogen) atoms. The second-order valence-electron chi connectivity index (χ2n) is 6.07. The molecule has 1 atom stereocenters. The first-order valence-corrected chi connectivity index (χ1v) is 6.38. The van der Waals surface area contributed by atoms with Crippen molar-refractivity contribution in [2.75, 3.05) is 0 Å². The summed E-state index contributed by atoms with van der Waals surface area (Å²) in [5, 5.41) is 10.0. The fraction of sp³-hybridized carbons (Fsp3) is 0.733. The van der Waals surface area contributed by atoms with Gasteiger partial charge in [0.15, 0.2) is 0 Å². The van der Waals surface area contributed by atoms with E-state index in [1.165, 1.54) is 11.1 Å². The number of hydrogen-bond donors (Lipinski definition) is 1. The molecule has 0 aromatic carbocycles. The highest BCUT2D eigenvalue weighted by Gasteiger charge is 2.21. The first kappa shape index (κ1) is 13.5. The third-order valence-electron chi connectivity index (χ3n) is 3.38. The van der Waals surface area contributed by atoms with E-state index in [-0.39, 0.29) is 11.5 Å². The molecule has 92 valence electrons. The Morgan fingerprint density at radius 3 is 2.56 bits per heavy atom. The first-order chi connectivity index (χ1) is 7.39. The molecule has 0 spiro atoms. The normalized spacial score (nSPS) is 34.2. The van der Waals surface area contributed by atoms with Gasteiger partial charge in [0.2, 0.25) is 0 Å². The summed E-state index contributed by atoms with van der Waals surface area (Å²) in [6.07, 6.45) is 9.52. The summed E-state index contributed by atoms with van der Waals surface area (Å²) in [6.45, 7) is 8.84. The Balaban J connectivity index is 2.77. The highest BCUT2D eigenvalue weighted by atomic mass is 16.3. The minimum absolute atomic E-state index is 0.182. The van der Waals surface area contributed by atoms with Gasteiger partial charge in [-0.3, -0.25) is 0 Å². The van der Waals surface area contributed by atoms with Crippen LogP contribution < -0.4 is 0 Å². The van der Waals surface area contributed by atoms with Gasteiger partial charge in [-0.05, 0) is 51.4 Å². The molecule has 1 N–H and O–H groups in total. The van der Waals surface area contributed by atoms with E-state index in [4.69, 9.17) is 0 Å². The maximum absolute atomic E-state index is 10.0. The second-order valence-corrected chi connectivity index (χ2v) is 6.07. The van der Waals surface area contributed by atoms with Crippen molar-refractivity contribution >= 4 is 0 Å². The highest BCUT2D eigenvalue weighted by molar-refractivity contribution is 5.06. The van der Waals surface area contributed by atoms with Gasteiger partial charge in [-0.2, -0.15) is 0 Å². The molecule has 0 radical (unpaired) electrons. The maximum atomic E-state index is 10.0. The molecule has 0 aromatic heterocycles. The average Bonchev–Trinajstić information content (AvgIpc) is 2.14. The van der Waals surface area contributed by atoms with Crippen LogP contribution in [-0.4, -0.2) is 11.2 Å². The molecule has 0 heterocycles. The Bertz CT molecular complexity index is 284. The molecule has 1 heteroatoms. The lowest BCUT2D eigenvalue weighted by Gasteiger charge is -2.26. The highest BCUT2D eigenvalue weighted by Crippen LogP contribution is 2.30. The van der Waals surface area contributed by atoms with Crippen molar-refractivity contribution in [3.63, 3.8) is 0 Å². The van der Waals surface area contributed by atoms with Gasteiger partial charge in [0.25, 0.3) is 0 Å². The van der Waals surface area contributed by atoms with Crippen LogP contribution in [0.3, 0.4) is 0 Å². The standard InChI is InChI=1S/C15H26O/c1-12-6-5-7-13(2)10-14(16)11-15(3,4)9-8-12/h7-8,14,16H,5-6,9-11H2,1-4H3/b12-8+,13-7+/t14-/m0/s1. The molecule has 1 rings (SSSR count). The summed E-state index contributed by atoms with van der Waals surface area (Å²) in [4.78, 5) is 0. The minimum Gasteiger partial charge on any atom is -0.393 e. The third kappa shape index (κ3) is 4.98. The number of aliphatic hydroxyl groups is 1. The molecule has 0 bridgehead atoms. The molecular weight excluding hydrogens is 196 g/mol. The monoisotopic (exact) mass is 222 g/mol. The van der Waals surface area contributed by atoms with E-state index in [0.29, 0.717) is 0 Å². The second kappa shape index (κ2) is 5.67. The maximum Gasteiger partial charge on any atom is 0.0582 e. The summed E-state index contributed by atoms with van der Waals surface area (Å²) in [7, 11) is 0. The van der Waals surface area contributed by atoms with Crippen LogP contribution in [0.25, 0.3) is 0 Å². The summed E-state index contributed by atoms with van der Waals surface area (Å²) in [5.74, 6) is 0. The van der Waals surface area contributed by atoms with Crippen molar-refractivity contribution in [2.24, 2.45) is 5.41 Å². The zero-order valence-electron chi connectivity index (χ0n) is 11.2. The van der Waals surface area contributed by atoms with Crippen molar-refractivity contribution < 1.29 is 5.11 Å². The van der Waals surface area contributed by atoms with Crippen molar-refractivity contribution in [1.82, 2.24) is 0 Å². The SMILES string of the molecule is C/C1=C\CC(C)(C)C[C@@H](O)C/C(C)=C/CC1. The van der Waals surface area contributed by atoms with Crippen LogP contribution in [-0.2, 0) is 0 Å². The van der Waals surface area contributed by atoms with Gasteiger partial charge in [0.05, 0.1) is 6.10 Å². The molecule has 1 nitrogen and oxygen atoms in total. The number of rotatable bonds is 0. The van der Waals surface area contributed by atoms with Crippen LogP contribution in [0.5, 0.6) is 0 Å². The van der Waals surface area contributed by atoms with Gasteiger partial charge in [-0.25, -0.2) is 0 Å². The molecule has 0 aliphatic heterocycles. The zero-order valence-corrected chi connectivity index (χ0v) is 11.2. The molecule has 0 saturated carbocycles. The van der Waals surface area contributed by atoms with E-state index in [1.54, 1.807) is 0 Å². The van der Waals surface area contributed by atoms with Crippen LogP contribution in [0.15, 0.2) is 23.3 Å². The van der Waals surface area contributed by atoms with Crippen LogP contribution in [0.2, 0.25) is 0 Å². The summed E-state index contributed by atoms with van der Waals surface area (Å²) >= 11 is 0. The van der Waals surface area contributed by atoms with Crippen LogP contribution in [0.4, 0.5) is 0 Å². The quantitative estimate of drug-likeness (QED) is 0.608. The van der Waals surface area contributed by atoms with E-state index in [0.717, 1.165) is 32.1 Å². The fourth-order valence-corrected chi connectivity index (χ4v) is 2.35. The van der Waals surface area contributed by atoms with E-state index in [1.807, 2.05) is 0 Å². The van der Waals surface area contributed by atoms with Crippen LogP contribution in [0, 0.1) is 5.41 Å². The van der Waals surface area contributed by atoms with E-state index in [9.17, 15) is 5.11 Å². The molecule has 1 aliphatic carbocycles. The third-order valence-corrected chi connectivity index (χ3v) is 3.38. The van der Waals surface area contributed by atoms with E-state index >= 15 is 0 Å². The Morgan fingerprint density at radius 2 is 1.88 bits per heavy atom. The topological polar surface area (TPSA) is 20.2 Å². The lowest BCUT2D eigenvalue weighted by atomic mass is 9.82. The van der Waals surface area contributed by atoms with E-state index in [2.05, 4.69) is 39.8 Å². The molecule has 0 unspecified atom stereocenters. The molecule has 0 amide bonds. The fourth-order valence-electron chi connectivity index (χ4n) is 2.35. The summed E-state index contributed by atoms with van der Waals surface area (Å²) in [6, 6.07) is 0. The zero-order chi connectivity index (χ0) is 12.2. The summed E-state index contributed by atoms with van der Waals surface area (Å²) in [5.41, 5.74) is 3.03. The largest absolute Gasteiger partial charge is 0.393 e. The van der Waals surface area contributed by atoms with Crippen molar-refractivity contribution in [3.05, 3.63) is 23.3 Å². The molecule has 0 fully saturated rings. The molecule has 0 aromatic rings. The number of allylic oxidation sites excluding steroid dienone is 3. The van der Waals surface area contributed by atoms with Crippen LogP contribution >= 0.6 is 0 Å².